The third-order valence-electron chi connectivity index (χ3n) is 4.25. The molecule has 2 saturated heterocycles. The SMILES string of the molecule is O=C1NC(=S)SC1=C(c1c(Cl)cc(CC(F)(F)F)cc1Cl)N1CCCCC1. The van der Waals surface area contributed by atoms with Crippen molar-refractivity contribution in [1.82, 2.24) is 10.2 Å². The zero-order valence-corrected chi connectivity index (χ0v) is 17.1. The van der Waals surface area contributed by atoms with Crippen LogP contribution in [0, 0.1) is 0 Å². The molecule has 0 spiro atoms. The Morgan fingerprint density at radius 3 is 2.26 bits per heavy atom. The Kier molecular flexibility index (Phi) is 6.30. The molecule has 0 aliphatic carbocycles. The Morgan fingerprint density at radius 2 is 1.78 bits per heavy atom. The number of nitrogens with zero attached hydrogens (tertiary/aromatic N) is 1. The van der Waals surface area contributed by atoms with Crippen molar-refractivity contribution in [3.8, 4) is 0 Å². The summed E-state index contributed by atoms with van der Waals surface area (Å²) in [5.41, 5.74) is 0.877. The second kappa shape index (κ2) is 8.19. The molecule has 146 valence electrons. The molecule has 3 rings (SSSR count). The van der Waals surface area contributed by atoms with Crippen molar-refractivity contribution in [3.63, 3.8) is 0 Å². The number of carbonyl (C=O) groups excluding carboxylic acids is 1. The number of thiocarbonyl (C=S) groups is 1. The molecule has 2 fully saturated rings. The fourth-order valence-corrected chi connectivity index (χ4v) is 5.04. The van der Waals surface area contributed by atoms with Crippen LogP contribution in [0.1, 0.15) is 30.4 Å². The van der Waals surface area contributed by atoms with E-state index in [9.17, 15) is 18.0 Å². The van der Waals surface area contributed by atoms with Crippen LogP contribution in [0.4, 0.5) is 13.2 Å². The van der Waals surface area contributed by atoms with Crippen LogP contribution in [0.15, 0.2) is 17.0 Å². The van der Waals surface area contributed by atoms with E-state index in [-0.39, 0.29) is 21.5 Å². The Bertz CT molecular complexity index is 798. The number of amides is 1. The summed E-state index contributed by atoms with van der Waals surface area (Å²) in [5, 5.41) is 2.74. The first-order chi connectivity index (χ1) is 12.7. The quantitative estimate of drug-likeness (QED) is 0.489. The number of alkyl halides is 3. The molecule has 27 heavy (non-hydrogen) atoms. The van der Waals surface area contributed by atoms with Gasteiger partial charge in [-0.2, -0.15) is 13.2 Å². The first kappa shape index (κ1) is 20.8. The first-order valence-corrected chi connectivity index (χ1v) is 10.2. The lowest BCUT2D eigenvalue weighted by atomic mass is 10.0. The second-order valence-electron chi connectivity index (χ2n) is 6.30. The predicted molar refractivity (Wildman–Crippen MR) is 107 cm³/mol. The highest BCUT2D eigenvalue weighted by Gasteiger charge is 2.33. The summed E-state index contributed by atoms with van der Waals surface area (Å²) in [6.45, 7) is 1.41. The van der Waals surface area contributed by atoms with Crippen molar-refractivity contribution in [2.75, 3.05) is 13.1 Å². The van der Waals surface area contributed by atoms with Crippen LogP contribution in [0.25, 0.3) is 5.70 Å². The summed E-state index contributed by atoms with van der Waals surface area (Å²) in [7, 11) is 0. The minimum absolute atomic E-state index is 0.0247. The second-order valence-corrected chi connectivity index (χ2v) is 8.80. The molecule has 1 aromatic rings. The van der Waals surface area contributed by atoms with Crippen LogP contribution < -0.4 is 5.32 Å². The normalized spacial score (nSPS) is 20.1. The van der Waals surface area contributed by atoms with Gasteiger partial charge in [-0.3, -0.25) is 4.79 Å². The first-order valence-electron chi connectivity index (χ1n) is 8.23. The van der Waals surface area contributed by atoms with Gasteiger partial charge in [0.05, 0.1) is 22.2 Å². The molecular formula is C17H15Cl2F3N2OS2. The molecule has 0 bridgehead atoms. The third-order valence-corrected chi connectivity index (χ3v) is 6.07. The van der Waals surface area contributed by atoms with Gasteiger partial charge in [0.2, 0.25) is 0 Å². The van der Waals surface area contributed by atoms with E-state index in [0.29, 0.717) is 33.6 Å². The van der Waals surface area contributed by atoms with E-state index in [1.54, 1.807) is 0 Å². The van der Waals surface area contributed by atoms with Gasteiger partial charge in [0.15, 0.2) is 0 Å². The number of halogens is 5. The average Bonchev–Trinajstić information content (AvgIpc) is 2.88. The highest BCUT2D eigenvalue weighted by Crippen LogP contribution is 2.42. The molecule has 1 N–H and O–H groups in total. The molecule has 0 aromatic heterocycles. The van der Waals surface area contributed by atoms with E-state index in [1.165, 1.54) is 12.1 Å². The van der Waals surface area contributed by atoms with Crippen LogP contribution in [0.5, 0.6) is 0 Å². The number of hydrogen-bond acceptors (Lipinski definition) is 4. The van der Waals surface area contributed by atoms with Gasteiger partial charge in [-0.05, 0) is 37.0 Å². The van der Waals surface area contributed by atoms with E-state index in [4.69, 9.17) is 35.4 Å². The Hall–Kier alpha value is -0.960. The summed E-state index contributed by atoms with van der Waals surface area (Å²) < 4.78 is 38.5. The lowest BCUT2D eigenvalue weighted by molar-refractivity contribution is -0.127. The average molecular weight is 455 g/mol. The van der Waals surface area contributed by atoms with E-state index < -0.39 is 12.6 Å². The Morgan fingerprint density at radius 1 is 1.19 bits per heavy atom. The van der Waals surface area contributed by atoms with Gasteiger partial charge in [-0.25, -0.2) is 0 Å². The lowest BCUT2D eigenvalue weighted by Gasteiger charge is -2.33. The van der Waals surface area contributed by atoms with Crippen molar-refractivity contribution < 1.29 is 18.0 Å². The Labute approximate surface area is 174 Å². The molecule has 2 aliphatic heterocycles. The fourth-order valence-electron chi connectivity index (χ4n) is 3.19. The molecule has 0 radical (unpaired) electrons. The zero-order chi connectivity index (χ0) is 19.8. The van der Waals surface area contributed by atoms with E-state index in [0.717, 1.165) is 31.0 Å². The van der Waals surface area contributed by atoms with E-state index in [2.05, 4.69) is 5.32 Å². The summed E-state index contributed by atoms with van der Waals surface area (Å²) in [6, 6.07) is 2.52. The summed E-state index contributed by atoms with van der Waals surface area (Å²) in [6.07, 6.45) is -2.54. The van der Waals surface area contributed by atoms with Crippen LogP contribution >= 0.6 is 47.2 Å². The van der Waals surface area contributed by atoms with E-state index in [1.807, 2.05) is 4.90 Å². The lowest BCUT2D eigenvalue weighted by Crippen LogP contribution is -2.30. The molecule has 2 heterocycles. The maximum Gasteiger partial charge on any atom is 0.393 e. The molecular weight excluding hydrogens is 440 g/mol. The van der Waals surface area contributed by atoms with Gasteiger partial charge in [-0.15, -0.1) is 0 Å². The summed E-state index contributed by atoms with van der Waals surface area (Å²) in [4.78, 5) is 14.8. The number of thioether (sulfide) groups is 1. The number of piperidine rings is 1. The van der Waals surface area contributed by atoms with Gasteiger partial charge >= 0.3 is 6.18 Å². The molecule has 3 nitrogen and oxygen atoms in total. The van der Waals surface area contributed by atoms with Gasteiger partial charge in [0.1, 0.15) is 9.23 Å². The van der Waals surface area contributed by atoms with Gasteiger partial charge in [0.25, 0.3) is 5.91 Å². The largest absolute Gasteiger partial charge is 0.393 e. The van der Waals surface area contributed by atoms with Crippen LogP contribution in [-0.2, 0) is 11.2 Å². The number of carbonyl (C=O) groups is 1. The highest BCUT2D eigenvalue weighted by atomic mass is 35.5. The predicted octanol–water partition coefficient (Wildman–Crippen LogP) is 5.40. The fraction of sp³-hybridized carbons (Fsp3) is 0.412. The molecule has 2 aliphatic rings. The number of rotatable bonds is 3. The van der Waals surface area contributed by atoms with Crippen molar-refractivity contribution in [1.29, 1.82) is 0 Å². The topological polar surface area (TPSA) is 32.3 Å². The molecule has 0 saturated carbocycles. The number of nitrogens with one attached hydrogen (secondary N) is 1. The van der Waals surface area contributed by atoms with Crippen LogP contribution in [0.2, 0.25) is 10.0 Å². The van der Waals surface area contributed by atoms with Crippen molar-refractivity contribution in [3.05, 3.63) is 38.2 Å². The van der Waals surface area contributed by atoms with Gasteiger partial charge < -0.3 is 10.2 Å². The summed E-state index contributed by atoms with van der Waals surface area (Å²) in [5.74, 6) is -0.350. The number of likely N-dealkylation sites (tertiary alicyclic amines) is 1. The molecule has 0 atom stereocenters. The van der Waals surface area contributed by atoms with Crippen molar-refractivity contribution in [2.24, 2.45) is 0 Å². The minimum Gasteiger partial charge on any atom is -0.370 e. The maximum atomic E-state index is 12.7. The Balaban J connectivity index is 2.11. The molecule has 0 unspecified atom stereocenters. The summed E-state index contributed by atoms with van der Waals surface area (Å²) >= 11 is 18.9. The van der Waals surface area contributed by atoms with Crippen LogP contribution in [-0.4, -0.2) is 34.4 Å². The van der Waals surface area contributed by atoms with Crippen molar-refractivity contribution >= 4 is 63.1 Å². The van der Waals surface area contributed by atoms with Crippen molar-refractivity contribution in [2.45, 2.75) is 31.9 Å². The third kappa shape index (κ3) is 4.91. The number of hydrogen-bond donors (Lipinski definition) is 1. The minimum atomic E-state index is -4.37. The van der Waals surface area contributed by atoms with Crippen LogP contribution in [0.3, 0.4) is 0 Å². The maximum absolute atomic E-state index is 12.7. The molecule has 1 amide bonds. The smallest absolute Gasteiger partial charge is 0.370 e. The zero-order valence-electron chi connectivity index (χ0n) is 14.0. The van der Waals surface area contributed by atoms with Gasteiger partial charge in [-0.1, -0.05) is 47.2 Å². The monoisotopic (exact) mass is 454 g/mol. The number of benzene rings is 1. The highest BCUT2D eigenvalue weighted by molar-refractivity contribution is 8.26. The standard InChI is InChI=1S/C17H15Cl2F3N2OS2/c18-10-6-9(8-17(20,21)22)7-11(19)12(10)13(24-4-2-1-3-5-24)14-15(25)23-16(26)27-14/h6-7H,1-5,8H2,(H,23,25,26). The molecule has 1 aromatic carbocycles. The molecule has 10 heteroatoms. The van der Waals surface area contributed by atoms with Gasteiger partial charge in [0, 0.05) is 18.7 Å². The van der Waals surface area contributed by atoms with E-state index >= 15 is 0 Å².